The summed E-state index contributed by atoms with van der Waals surface area (Å²) in [4.78, 5) is 18.3. The van der Waals surface area contributed by atoms with Crippen LogP contribution in [0.25, 0.3) is 0 Å². The molecule has 2 aromatic rings. The summed E-state index contributed by atoms with van der Waals surface area (Å²) in [6.07, 6.45) is 1.14. The average molecular weight is 359 g/mol. The third-order valence-corrected chi connectivity index (χ3v) is 3.27. The number of anilines is 3. The highest BCUT2D eigenvalue weighted by Crippen LogP contribution is 2.31. The van der Waals surface area contributed by atoms with Gasteiger partial charge in [0.1, 0.15) is 6.20 Å². The Kier molecular flexibility index (Phi) is 4.35. The molecule has 9 heteroatoms. The highest BCUT2D eigenvalue weighted by atomic mass is 79.9. The molecule has 1 heterocycles. The van der Waals surface area contributed by atoms with E-state index in [-0.39, 0.29) is 17.5 Å². The van der Waals surface area contributed by atoms with Crippen molar-refractivity contribution in [1.29, 1.82) is 0 Å². The second kappa shape index (κ2) is 6.02. The molecule has 0 fully saturated rings. The Morgan fingerprint density at radius 1 is 1.45 bits per heavy atom. The Labute approximate surface area is 127 Å². The van der Waals surface area contributed by atoms with E-state index in [1.165, 1.54) is 0 Å². The lowest BCUT2D eigenvalue weighted by Gasteiger charge is -2.09. The molecule has 2 N–H and O–H groups in total. The number of hydrogen-bond donors (Lipinski definition) is 2. The fourth-order valence-electron chi connectivity index (χ4n) is 1.44. The van der Waals surface area contributed by atoms with Crippen molar-refractivity contribution in [2.24, 2.45) is 0 Å². The van der Waals surface area contributed by atoms with Crippen LogP contribution in [0.4, 0.5) is 23.1 Å². The van der Waals surface area contributed by atoms with E-state index >= 15 is 0 Å². The number of nitrogens with one attached hydrogen (secondary N) is 2. The number of nitro groups is 1. The van der Waals surface area contributed by atoms with Gasteiger partial charge in [-0.2, -0.15) is 4.98 Å². The molecule has 104 valence electrons. The molecule has 7 nitrogen and oxygen atoms in total. The van der Waals surface area contributed by atoms with Crippen molar-refractivity contribution in [1.82, 2.24) is 9.97 Å². The first-order chi connectivity index (χ1) is 9.51. The fraction of sp³-hybridized carbons (Fsp3) is 0.0909. The quantitative estimate of drug-likeness (QED) is 0.641. The van der Waals surface area contributed by atoms with Gasteiger partial charge in [0.25, 0.3) is 0 Å². The molecule has 0 aliphatic rings. The largest absolute Gasteiger partial charge is 0.357 e. The van der Waals surface area contributed by atoms with E-state index in [4.69, 9.17) is 11.6 Å². The first-order valence-corrected chi connectivity index (χ1v) is 6.59. The predicted octanol–water partition coefficient (Wildman–Crippen LogP) is 3.59. The van der Waals surface area contributed by atoms with Crippen LogP contribution >= 0.6 is 27.5 Å². The molecule has 20 heavy (non-hydrogen) atoms. The van der Waals surface area contributed by atoms with Crippen molar-refractivity contribution in [3.05, 3.63) is 44.0 Å². The summed E-state index contributed by atoms with van der Waals surface area (Å²) in [5.74, 6) is 0.376. The van der Waals surface area contributed by atoms with Crippen LogP contribution in [-0.4, -0.2) is 21.9 Å². The third-order valence-electron chi connectivity index (χ3n) is 2.37. The van der Waals surface area contributed by atoms with Gasteiger partial charge >= 0.3 is 5.69 Å². The first kappa shape index (κ1) is 14.5. The molecule has 0 amide bonds. The van der Waals surface area contributed by atoms with Crippen LogP contribution < -0.4 is 10.6 Å². The minimum absolute atomic E-state index is 0.0948. The summed E-state index contributed by atoms with van der Waals surface area (Å²) < 4.78 is 0.670. The third kappa shape index (κ3) is 3.14. The summed E-state index contributed by atoms with van der Waals surface area (Å²) in [6.45, 7) is 0. The maximum atomic E-state index is 11.0. The highest BCUT2D eigenvalue weighted by molar-refractivity contribution is 9.10. The maximum Gasteiger partial charge on any atom is 0.329 e. The van der Waals surface area contributed by atoms with Crippen LogP contribution in [0.3, 0.4) is 0 Å². The van der Waals surface area contributed by atoms with Crippen molar-refractivity contribution in [2.45, 2.75) is 0 Å². The van der Waals surface area contributed by atoms with Crippen molar-refractivity contribution >= 4 is 50.7 Å². The lowest BCUT2D eigenvalue weighted by atomic mass is 10.3. The molecule has 0 atom stereocenters. The second-order valence-electron chi connectivity index (χ2n) is 3.68. The zero-order valence-electron chi connectivity index (χ0n) is 10.2. The van der Waals surface area contributed by atoms with Gasteiger partial charge in [-0.1, -0.05) is 11.6 Å². The summed E-state index contributed by atoms with van der Waals surface area (Å²) in [6, 6.07) is 5.04. The van der Waals surface area contributed by atoms with Gasteiger partial charge in [-0.3, -0.25) is 10.1 Å². The normalized spacial score (nSPS) is 10.2. The topological polar surface area (TPSA) is 93.0 Å². The number of halogens is 2. The SMILES string of the molecule is CNc1ncc([N+](=O)[O-])c(Nc2ccc(Cl)cc2Br)n1. The first-order valence-electron chi connectivity index (χ1n) is 5.42. The van der Waals surface area contributed by atoms with Crippen molar-refractivity contribution in [3.63, 3.8) is 0 Å². The van der Waals surface area contributed by atoms with Gasteiger partial charge in [0, 0.05) is 16.5 Å². The van der Waals surface area contributed by atoms with Crippen LogP contribution in [0, 0.1) is 10.1 Å². The molecule has 0 spiro atoms. The maximum absolute atomic E-state index is 11.0. The van der Waals surface area contributed by atoms with E-state index in [0.717, 1.165) is 6.20 Å². The molecular weight excluding hydrogens is 350 g/mol. The van der Waals surface area contributed by atoms with Gasteiger partial charge in [0.2, 0.25) is 11.8 Å². The Morgan fingerprint density at radius 3 is 2.80 bits per heavy atom. The number of nitrogens with zero attached hydrogens (tertiary/aromatic N) is 3. The van der Waals surface area contributed by atoms with Crippen molar-refractivity contribution in [3.8, 4) is 0 Å². The molecule has 0 saturated carbocycles. The van der Waals surface area contributed by atoms with E-state index in [1.54, 1.807) is 25.2 Å². The molecular formula is C11H9BrClN5O2. The van der Waals surface area contributed by atoms with Crippen molar-refractivity contribution < 1.29 is 4.92 Å². The zero-order valence-corrected chi connectivity index (χ0v) is 12.6. The summed E-state index contributed by atoms with van der Waals surface area (Å²) in [5.41, 5.74) is 0.393. The molecule has 0 saturated heterocycles. The molecule has 0 unspecified atom stereocenters. The molecule has 0 radical (unpaired) electrons. The fourth-order valence-corrected chi connectivity index (χ4v) is 2.22. The van der Waals surface area contributed by atoms with Crippen molar-refractivity contribution in [2.75, 3.05) is 17.7 Å². The molecule has 1 aromatic heterocycles. The Morgan fingerprint density at radius 2 is 2.20 bits per heavy atom. The van der Waals surface area contributed by atoms with Crippen LogP contribution in [0.15, 0.2) is 28.9 Å². The Balaban J connectivity index is 2.43. The van der Waals surface area contributed by atoms with Gasteiger partial charge in [-0.25, -0.2) is 4.98 Å². The lowest BCUT2D eigenvalue weighted by molar-refractivity contribution is -0.384. The Hall–Kier alpha value is -1.93. The molecule has 0 aliphatic heterocycles. The van der Waals surface area contributed by atoms with Gasteiger partial charge in [0.15, 0.2) is 0 Å². The molecule has 0 aliphatic carbocycles. The van der Waals surface area contributed by atoms with E-state index < -0.39 is 4.92 Å². The number of hydrogen-bond acceptors (Lipinski definition) is 6. The average Bonchev–Trinajstić information content (AvgIpc) is 2.41. The van der Waals surface area contributed by atoms with Crippen LogP contribution in [0.2, 0.25) is 5.02 Å². The Bertz CT molecular complexity index is 667. The predicted molar refractivity (Wildman–Crippen MR) is 80.7 cm³/mol. The minimum Gasteiger partial charge on any atom is -0.357 e. The summed E-state index contributed by atoms with van der Waals surface area (Å²) in [5, 5.41) is 17.1. The lowest BCUT2D eigenvalue weighted by Crippen LogP contribution is -2.04. The van der Waals surface area contributed by atoms with Gasteiger partial charge in [-0.05, 0) is 34.1 Å². The zero-order chi connectivity index (χ0) is 14.7. The number of rotatable bonds is 4. The van der Waals surface area contributed by atoms with Crippen LogP contribution in [0.1, 0.15) is 0 Å². The van der Waals surface area contributed by atoms with Crippen LogP contribution in [-0.2, 0) is 0 Å². The van der Waals surface area contributed by atoms with Gasteiger partial charge < -0.3 is 10.6 Å². The standard InChI is InChI=1S/C11H9BrClN5O2/c1-14-11-15-5-9(18(19)20)10(17-11)16-8-3-2-6(13)4-7(8)12/h2-5H,1H3,(H2,14,15,16,17). The highest BCUT2D eigenvalue weighted by Gasteiger charge is 2.18. The molecule has 0 bridgehead atoms. The molecule has 2 rings (SSSR count). The monoisotopic (exact) mass is 357 g/mol. The van der Waals surface area contributed by atoms with E-state index in [1.807, 2.05) is 0 Å². The van der Waals surface area contributed by atoms with E-state index in [9.17, 15) is 10.1 Å². The summed E-state index contributed by atoms with van der Waals surface area (Å²) in [7, 11) is 1.63. The summed E-state index contributed by atoms with van der Waals surface area (Å²) >= 11 is 9.17. The number of aromatic nitrogens is 2. The number of benzene rings is 1. The van der Waals surface area contributed by atoms with E-state index in [2.05, 4.69) is 36.5 Å². The van der Waals surface area contributed by atoms with Gasteiger partial charge in [0.05, 0.1) is 10.6 Å². The van der Waals surface area contributed by atoms with Gasteiger partial charge in [-0.15, -0.1) is 0 Å². The minimum atomic E-state index is -0.550. The molecule has 1 aromatic carbocycles. The smallest absolute Gasteiger partial charge is 0.329 e. The van der Waals surface area contributed by atoms with E-state index in [0.29, 0.717) is 15.2 Å². The second-order valence-corrected chi connectivity index (χ2v) is 4.97. The van der Waals surface area contributed by atoms with Crippen LogP contribution in [0.5, 0.6) is 0 Å².